The maximum atomic E-state index is 12.7. The lowest BCUT2D eigenvalue weighted by atomic mass is 10.1. The molecule has 1 N–H and O–H groups in total. The molecule has 0 saturated carbocycles. The minimum atomic E-state index is -0.231. The first-order chi connectivity index (χ1) is 13.5. The Bertz CT molecular complexity index is 745. The third kappa shape index (κ3) is 5.42. The van der Waals surface area contributed by atoms with Crippen molar-refractivity contribution in [3.8, 4) is 11.5 Å². The molecule has 0 bridgehead atoms. The van der Waals surface area contributed by atoms with Crippen LogP contribution in [0.5, 0.6) is 11.5 Å². The smallest absolute Gasteiger partial charge is 0.251 e. The molecule has 0 saturated heterocycles. The van der Waals surface area contributed by atoms with Gasteiger partial charge in [-0.1, -0.05) is 32.4 Å². The molecule has 2 rings (SSSR count). The molecule has 1 amide bonds. The molecule has 1 heterocycles. The van der Waals surface area contributed by atoms with Crippen LogP contribution in [-0.4, -0.2) is 44.2 Å². The van der Waals surface area contributed by atoms with Crippen LogP contribution in [0.15, 0.2) is 34.9 Å². The van der Waals surface area contributed by atoms with E-state index in [9.17, 15) is 4.79 Å². The Morgan fingerprint density at radius 3 is 2.61 bits per heavy atom. The van der Waals surface area contributed by atoms with Gasteiger partial charge in [0.05, 0.1) is 31.0 Å². The highest BCUT2D eigenvalue weighted by molar-refractivity contribution is 6.32. The molecular weight excluding hydrogens is 380 g/mol. The van der Waals surface area contributed by atoms with E-state index in [1.54, 1.807) is 18.4 Å². The number of halogens is 1. The fraction of sp³-hybridized carbons (Fsp3) is 0.476. The number of ether oxygens (including phenoxy) is 2. The number of hydrogen-bond acceptors (Lipinski definition) is 5. The van der Waals surface area contributed by atoms with Crippen LogP contribution in [0.3, 0.4) is 0 Å². The van der Waals surface area contributed by atoms with Crippen LogP contribution in [0, 0.1) is 0 Å². The van der Waals surface area contributed by atoms with Gasteiger partial charge in [-0.15, -0.1) is 0 Å². The van der Waals surface area contributed by atoms with Crippen molar-refractivity contribution < 1.29 is 18.7 Å². The van der Waals surface area contributed by atoms with E-state index in [1.807, 2.05) is 19.1 Å². The summed E-state index contributed by atoms with van der Waals surface area (Å²) in [7, 11) is 1.53. The monoisotopic (exact) mass is 408 g/mol. The first-order valence-electron chi connectivity index (χ1n) is 9.61. The fourth-order valence-corrected chi connectivity index (χ4v) is 3.31. The Morgan fingerprint density at radius 1 is 1.29 bits per heavy atom. The lowest BCUT2D eigenvalue weighted by Crippen LogP contribution is -2.37. The van der Waals surface area contributed by atoms with Gasteiger partial charge >= 0.3 is 0 Å². The molecule has 7 heteroatoms. The van der Waals surface area contributed by atoms with Crippen LogP contribution < -0.4 is 14.8 Å². The number of furan rings is 1. The molecule has 0 fully saturated rings. The third-order valence-electron chi connectivity index (χ3n) is 4.52. The van der Waals surface area contributed by atoms with E-state index in [2.05, 4.69) is 24.1 Å². The molecule has 6 nitrogen and oxygen atoms in total. The van der Waals surface area contributed by atoms with E-state index >= 15 is 0 Å². The van der Waals surface area contributed by atoms with Crippen molar-refractivity contribution in [3.63, 3.8) is 0 Å². The molecule has 1 aromatic carbocycles. The van der Waals surface area contributed by atoms with Gasteiger partial charge < -0.3 is 19.2 Å². The van der Waals surface area contributed by atoms with E-state index in [0.717, 1.165) is 25.3 Å². The summed E-state index contributed by atoms with van der Waals surface area (Å²) in [6.45, 7) is 8.81. The average Bonchev–Trinajstić information content (AvgIpc) is 3.23. The Morgan fingerprint density at radius 2 is 2.04 bits per heavy atom. The molecule has 28 heavy (non-hydrogen) atoms. The van der Waals surface area contributed by atoms with Gasteiger partial charge in [-0.2, -0.15) is 0 Å². The maximum absolute atomic E-state index is 12.7. The molecule has 2 aromatic rings. The van der Waals surface area contributed by atoms with Crippen molar-refractivity contribution in [1.29, 1.82) is 0 Å². The predicted molar refractivity (Wildman–Crippen MR) is 110 cm³/mol. The van der Waals surface area contributed by atoms with Gasteiger partial charge in [-0.3, -0.25) is 9.69 Å². The standard InChI is InChI=1S/C21H29ClN2O4/c1-5-10-28-20-16(22)12-15(13-19(20)26-4)21(25)23-14-17(24(6-2)7-3)18-9-8-11-27-18/h8-9,11-13,17H,5-7,10,14H2,1-4H3,(H,23,25)/t17-/m0/s1. The minimum Gasteiger partial charge on any atom is -0.493 e. The molecule has 0 radical (unpaired) electrons. The number of carbonyl (C=O) groups is 1. The van der Waals surface area contributed by atoms with E-state index in [0.29, 0.717) is 35.2 Å². The lowest BCUT2D eigenvalue weighted by molar-refractivity contribution is 0.0929. The van der Waals surface area contributed by atoms with Crippen molar-refractivity contribution in [2.24, 2.45) is 0 Å². The number of rotatable bonds is 11. The summed E-state index contributed by atoms with van der Waals surface area (Å²) >= 11 is 6.32. The number of nitrogens with one attached hydrogen (secondary N) is 1. The second-order valence-electron chi connectivity index (χ2n) is 6.30. The molecule has 1 atom stereocenters. The molecule has 0 aliphatic carbocycles. The molecule has 0 aliphatic heterocycles. The normalized spacial score (nSPS) is 12.1. The summed E-state index contributed by atoms with van der Waals surface area (Å²) in [4.78, 5) is 15.0. The first-order valence-corrected chi connectivity index (χ1v) is 9.99. The molecule has 1 aromatic heterocycles. The van der Waals surface area contributed by atoms with Gasteiger partial charge in [-0.25, -0.2) is 0 Å². The van der Waals surface area contributed by atoms with Gasteiger partial charge in [0.2, 0.25) is 0 Å². The number of likely N-dealkylation sites (N-methyl/N-ethyl adjacent to an activating group) is 1. The van der Waals surface area contributed by atoms with E-state index < -0.39 is 0 Å². The van der Waals surface area contributed by atoms with E-state index in [4.69, 9.17) is 25.5 Å². The largest absolute Gasteiger partial charge is 0.493 e. The van der Waals surface area contributed by atoms with Crippen molar-refractivity contribution >= 4 is 17.5 Å². The zero-order valence-corrected chi connectivity index (χ0v) is 17.7. The topological polar surface area (TPSA) is 63.9 Å². The number of methoxy groups -OCH3 is 1. The van der Waals surface area contributed by atoms with Crippen LogP contribution in [0.4, 0.5) is 0 Å². The highest BCUT2D eigenvalue weighted by Gasteiger charge is 2.22. The van der Waals surface area contributed by atoms with Crippen LogP contribution in [0.2, 0.25) is 5.02 Å². The molecule has 0 unspecified atom stereocenters. The molecule has 0 aliphatic rings. The van der Waals surface area contributed by atoms with Gasteiger partial charge in [0, 0.05) is 12.1 Å². The van der Waals surface area contributed by atoms with Crippen LogP contribution in [0.25, 0.3) is 0 Å². The number of hydrogen-bond donors (Lipinski definition) is 1. The fourth-order valence-electron chi connectivity index (χ4n) is 3.04. The molecule has 0 spiro atoms. The predicted octanol–water partition coefficient (Wildman–Crippen LogP) is 4.54. The summed E-state index contributed by atoms with van der Waals surface area (Å²) in [5.41, 5.74) is 0.420. The Kier molecular flexibility index (Phi) is 8.67. The Balaban J connectivity index is 2.15. The van der Waals surface area contributed by atoms with Crippen LogP contribution in [-0.2, 0) is 0 Å². The minimum absolute atomic E-state index is 0.0431. The number of benzene rings is 1. The molecular formula is C21H29ClN2O4. The highest BCUT2D eigenvalue weighted by Crippen LogP contribution is 2.36. The highest BCUT2D eigenvalue weighted by atomic mass is 35.5. The number of nitrogens with zero attached hydrogens (tertiary/aromatic N) is 1. The van der Waals surface area contributed by atoms with Crippen LogP contribution in [0.1, 0.15) is 49.4 Å². The van der Waals surface area contributed by atoms with E-state index in [1.165, 1.54) is 7.11 Å². The van der Waals surface area contributed by atoms with Crippen LogP contribution >= 0.6 is 11.6 Å². The van der Waals surface area contributed by atoms with Crippen molar-refractivity contribution in [2.75, 3.05) is 33.4 Å². The maximum Gasteiger partial charge on any atom is 0.251 e. The Hall–Kier alpha value is -2.18. The third-order valence-corrected chi connectivity index (χ3v) is 4.80. The average molecular weight is 409 g/mol. The second kappa shape index (κ2) is 11.0. The van der Waals surface area contributed by atoms with Crippen molar-refractivity contribution in [2.45, 2.75) is 33.2 Å². The summed E-state index contributed by atoms with van der Waals surface area (Å²) < 4.78 is 16.6. The van der Waals surface area contributed by atoms with Crippen molar-refractivity contribution in [3.05, 3.63) is 46.9 Å². The lowest BCUT2D eigenvalue weighted by Gasteiger charge is -2.28. The van der Waals surface area contributed by atoms with Gasteiger partial charge in [0.25, 0.3) is 5.91 Å². The van der Waals surface area contributed by atoms with Gasteiger partial charge in [-0.05, 0) is 43.8 Å². The summed E-state index contributed by atoms with van der Waals surface area (Å²) in [5.74, 6) is 1.49. The summed E-state index contributed by atoms with van der Waals surface area (Å²) in [5, 5.41) is 3.33. The zero-order valence-electron chi connectivity index (χ0n) is 17.0. The number of carbonyl (C=O) groups excluding carboxylic acids is 1. The zero-order chi connectivity index (χ0) is 20.5. The SMILES string of the molecule is CCCOc1c(Cl)cc(C(=O)NC[C@@H](c2ccco2)N(CC)CC)cc1OC. The number of amides is 1. The van der Waals surface area contributed by atoms with E-state index in [-0.39, 0.29) is 11.9 Å². The Labute approximate surface area is 171 Å². The summed E-state index contributed by atoms with van der Waals surface area (Å²) in [6.07, 6.45) is 2.49. The second-order valence-corrected chi connectivity index (χ2v) is 6.71. The van der Waals surface area contributed by atoms with Gasteiger partial charge in [0.1, 0.15) is 5.76 Å². The quantitative estimate of drug-likeness (QED) is 0.591. The van der Waals surface area contributed by atoms with Crippen molar-refractivity contribution in [1.82, 2.24) is 10.2 Å². The first kappa shape index (κ1) is 22.1. The summed E-state index contributed by atoms with van der Waals surface area (Å²) in [6, 6.07) is 6.98. The van der Waals surface area contributed by atoms with Gasteiger partial charge in [0.15, 0.2) is 11.5 Å². The molecule has 154 valence electrons.